The zero-order valence-corrected chi connectivity index (χ0v) is 22.1. The number of rotatable bonds is 5. The van der Waals surface area contributed by atoms with E-state index in [-0.39, 0.29) is 16.5 Å². The molecule has 0 spiro atoms. The van der Waals surface area contributed by atoms with Gasteiger partial charge < -0.3 is 16.2 Å². The summed E-state index contributed by atoms with van der Waals surface area (Å²) in [6.07, 6.45) is -4.55. The Morgan fingerprint density at radius 2 is 1.82 bits per heavy atom. The number of fused-ring (bicyclic) bond motifs is 2. The topological polar surface area (TPSA) is 151 Å². The van der Waals surface area contributed by atoms with Crippen LogP contribution in [0, 0.1) is 0 Å². The maximum absolute atomic E-state index is 13.3. The molecule has 0 bridgehead atoms. The molecule has 1 amide bonds. The van der Waals surface area contributed by atoms with Crippen molar-refractivity contribution in [2.45, 2.75) is 28.8 Å². The van der Waals surface area contributed by atoms with Gasteiger partial charge in [-0.1, -0.05) is 29.8 Å². The zero-order chi connectivity index (χ0) is 28.6. The Balaban J connectivity index is 0.000000448. The number of anilines is 1. The molecule has 39 heavy (non-hydrogen) atoms. The number of benzene rings is 2. The Morgan fingerprint density at radius 1 is 1.15 bits per heavy atom. The molecule has 2 aromatic carbocycles. The van der Waals surface area contributed by atoms with E-state index in [1.54, 1.807) is 30.3 Å². The molecule has 2 aromatic heterocycles. The van der Waals surface area contributed by atoms with E-state index < -0.39 is 27.7 Å². The molecule has 206 valence electrons. The fourth-order valence-corrected chi connectivity index (χ4v) is 7.10. The number of hydrogen-bond acceptors (Lipinski definition) is 7. The molecule has 1 aliphatic heterocycles. The van der Waals surface area contributed by atoms with Crippen LogP contribution in [0.3, 0.4) is 0 Å². The molecule has 5 rings (SSSR count). The molecule has 0 unspecified atom stereocenters. The van der Waals surface area contributed by atoms with Crippen molar-refractivity contribution in [2.24, 2.45) is 0 Å². The van der Waals surface area contributed by atoms with Gasteiger partial charge in [0.1, 0.15) is 15.6 Å². The van der Waals surface area contributed by atoms with E-state index in [0.29, 0.717) is 29.3 Å². The third-order valence-electron chi connectivity index (χ3n) is 5.85. The van der Waals surface area contributed by atoms with Crippen LogP contribution in [0.5, 0.6) is 0 Å². The molecular formula is C24H20ClF3N4O5S2. The number of halogens is 4. The maximum atomic E-state index is 13.3. The van der Waals surface area contributed by atoms with Gasteiger partial charge in [0.25, 0.3) is 10.0 Å². The monoisotopic (exact) mass is 600 g/mol. The van der Waals surface area contributed by atoms with Crippen molar-refractivity contribution in [2.75, 3.05) is 12.3 Å². The second-order valence-electron chi connectivity index (χ2n) is 8.68. The molecule has 0 saturated carbocycles. The van der Waals surface area contributed by atoms with E-state index in [1.165, 1.54) is 0 Å². The second-order valence-corrected chi connectivity index (χ2v) is 12.1. The van der Waals surface area contributed by atoms with E-state index >= 15 is 0 Å². The fraction of sp³-hybridized carbons (Fsp3) is 0.208. The van der Waals surface area contributed by atoms with Crippen LogP contribution < -0.4 is 15.8 Å². The van der Waals surface area contributed by atoms with Gasteiger partial charge in [-0.25, -0.2) is 18.2 Å². The summed E-state index contributed by atoms with van der Waals surface area (Å²) in [6.45, 7) is 0.391. The number of thiophene rings is 1. The van der Waals surface area contributed by atoms with Crippen LogP contribution in [-0.2, 0) is 26.0 Å². The number of aliphatic carboxylic acids is 1. The third-order valence-corrected chi connectivity index (χ3v) is 9.20. The smallest absolute Gasteiger partial charge is 0.475 e. The van der Waals surface area contributed by atoms with Crippen LogP contribution in [0.15, 0.2) is 58.8 Å². The first-order valence-corrected chi connectivity index (χ1v) is 13.8. The number of carbonyl (C=O) groups is 2. The van der Waals surface area contributed by atoms with Crippen LogP contribution in [0.1, 0.15) is 12.0 Å². The SMILES string of the molecule is Nc1ccc2ccc(C[C@]3(NS(=O)(=O)c4cc5ccc(Cl)cc5s4)CCNC3=O)cc2n1.O=C(O)C(F)(F)F. The number of carboxylic acid groups (broad SMARTS) is 1. The molecule has 5 N–H and O–H groups in total. The lowest BCUT2D eigenvalue weighted by Crippen LogP contribution is -2.54. The summed E-state index contributed by atoms with van der Waals surface area (Å²) in [5.74, 6) is -2.70. The Hall–Kier alpha value is -3.46. The minimum absolute atomic E-state index is 0.141. The first-order chi connectivity index (χ1) is 18.2. The molecule has 0 aliphatic carbocycles. The van der Waals surface area contributed by atoms with Crippen molar-refractivity contribution in [1.29, 1.82) is 0 Å². The number of nitrogens with zero attached hydrogens (tertiary/aromatic N) is 1. The van der Waals surface area contributed by atoms with Gasteiger partial charge in [0.05, 0.1) is 5.52 Å². The number of carbonyl (C=O) groups excluding carboxylic acids is 1. The molecular weight excluding hydrogens is 581 g/mol. The average molecular weight is 601 g/mol. The van der Waals surface area contributed by atoms with E-state index in [9.17, 15) is 26.4 Å². The van der Waals surface area contributed by atoms with Crippen molar-refractivity contribution < 1.29 is 36.3 Å². The predicted octanol–water partition coefficient (Wildman–Crippen LogP) is 4.10. The van der Waals surface area contributed by atoms with Gasteiger partial charge in [0, 0.05) is 28.1 Å². The van der Waals surface area contributed by atoms with Gasteiger partial charge in [-0.2, -0.15) is 17.9 Å². The summed E-state index contributed by atoms with van der Waals surface area (Å²) in [7, 11) is -3.95. The van der Waals surface area contributed by atoms with E-state index in [2.05, 4.69) is 15.0 Å². The van der Waals surface area contributed by atoms with Gasteiger partial charge in [0.2, 0.25) is 5.91 Å². The molecule has 1 saturated heterocycles. The quantitative estimate of drug-likeness (QED) is 0.269. The number of nitrogens with one attached hydrogen (secondary N) is 2. The van der Waals surface area contributed by atoms with E-state index in [4.69, 9.17) is 27.2 Å². The normalized spacial score (nSPS) is 17.6. The number of sulfonamides is 1. The molecule has 1 aliphatic rings. The number of nitrogen functional groups attached to an aromatic ring is 1. The standard InChI is InChI=1S/C22H19ClN4O3S2.C2HF3O2/c23-16-5-3-15-10-20(31-18(15)11-16)32(29,30)27-22(7-8-25-21(22)28)12-13-1-2-14-4-6-19(24)26-17(14)9-13;3-2(4,5)1(6)7/h1-6,9-11,27H,7-8,12H2,(H2,24,26)(H,25,28);(H,6,7)/t22-;/m1./s1. The highest BCUT2D eigenvalue weighted by atomic mass is 35.5. The number of amides is 1. The van der Waals surface area contributed by atoms with E-state index in [0.717, 1.165) is 32.4 Å². The van der Waals surface area contributed by atoms with Crippen LogP contribution in [0.25, 0.3) is 21.0 Å². The molecule has 15 heteroatoms. The minimum atomic E-state index is -5.08. The highest BCUT2D eigenvalue weighted by Gasteiger charge is 2.46. The Bertz CT molecular complexity index is 1690. The lowest BCUT2D eigenvalue weighted by molar-refractivity contribution is -0.192. The van der Waals surface area contributed by atoms with Gasteiger partial charge in [-0.05, 0) is 53.8 Å². The summed E-state index contributed by atoms with van der Waals surface area (Å²) >= 11 is 7.16. The van der Waals surface area contributed by atoms with Gasteiger partial charge >= 0.3 is 12.1 Å². The molecule has 4 aromatic rings. The number of aromatic nitrogens is 1. The summed E-state index contributed by atoms with van der Waals surface area (Å²) < 4.78 is 61.9. The molecule has 9 nitrogen and oxygen atoms in total. The third kappa shape index (κ3) is 6.41. The van der Waals surface area contributed by atoms with Crippen LogP contribution >= 0.6 is 22.9 Å². The second kappa shape index (κ2) is 10.6. The number of pyridine rings is 1. The van der Waals surface area contributed by atoms with Gasteiger partial charge in [-0.15, -0.1) is 11.3 Å². The van der Waals surface area contributed by atoms with Crippen molar-refractivity contribution in [3.05, 3.63) is 65.2 Å². The fourth-order valence-electron chi connectivity index (χ4n) is 4.03. The number of hydrogen-bond donors (Lipinski definition) is 4. The van der Waals surface area contributed by atoms with Crippen molar-refractivity contribution in [1.82, 2.24) is 15.0 Å². The molecule has 0 radical (unpaired) electrons. The predicted molar refractivity (Wildman–Crippen MR) is 141 cm³/mol. The maximum Gasteiger partial charge on any atom is 0.490 e. The minimum Gasteiger partial charge on any atom is -0.475 e. The van der Waals surface area contributed by atoms with E-state index in [1.807, 2.05) is 24.3 Å². The van der Waals surface area contributed by atoms with Gasteiger partial charge in [-0.3, -0.25) is 4.79 Å². The summed E-state index contributed by atoms with van der Waals surface area (Å²) in [4.78, 5) is 26.1. The van der Waals surface area contributed by atoms with Crippen LogP contribution in [0.2, 0.25) is 5.02 Å². The Labute approximate surface area is 228 Å². The lowest BCUT2D eigenvalue weighted by atomic mass is 9.90. The lowest BCUT2D eigenvalue weighted by Gasteiger charge is -2.27. The van der Waals surface area contributed by atoms with Crippen molar-refractivity contribution >= 4 is 71.6 Å². The number of nitrogens with two attached hydrogens (primary N) is 1. The highest BCUT2D eigenvalue weighted by molar-refractivity contribution is 7.91. The molecule has 1 atom stereocenters. The van der Waals surface area contributed by atoms with Crippen LogP contribution in [0.4, 0.5) is 19.0 Å². The number of carboxylic acids is 1. The van der Waals surface area contributed by atoms with Crippen molar-refractivity contribution in [3.8, 4) is 0 Å². The first kappa shape index (κ1) is 28.5. The summed E-state index contributed by atoms with van der Waals surface area (Å²) in [5, 5.41) is 12.1. The van der Waals surface area contributed by atoms with Crippen LogP contribution in [-0.4, -0.2) is 48.6 Å². The Morgan fingerprint density at radius 3 is 2.46 bits per heavy atom. The average Bonchev–Trinajstić information content (AvgIpc) is 3.42. The Kier molecular flexibility index (Phi) is 7.76. The highest BCUT2D eigenvalue weighted by Crippen LogP contribution is 2.33. The van der Waals surface area contributed by atoms with Crippen molar-refractivity contribution in [3.63, 3.8) is 0 Å². The zero-order valence-electron chi connectivity index (χ0n) is 19.8. The molecule has 3 heterocycles. The largest absolute Gasteiger partial charge is 0.490 e. The number of alkyl halides is 3. The summed E-state index contributed by atoms with van der Waals surface area (Å²) in [6, 6.07) is 16.0. The molecule has 1 fully saturated rings. The first-order valence-electron chi connectivity index (χ1n) is 11.2. The summed E-state index contributed by atoms with van der Waals surface area (Å²) in [5.41, 5.74) is 5.99. The van der Waals surface area contributed by atoms with Gasteiger partial charge in [0.15, 0.2) is 0 Å².